The van der Waals surface area contributed by atoms with Gasteiger partial charge in [0.25, 0.3) is 6.02 Å². The van der Waals surface area contributed by atoms with Crippen molar-refractivity contribution in [1.29, 1.82) is 0 Å². The molecule has 0 saturated carbocycles. The molecule has 0 bridgehead atoms. The van der Waals surface area contributed by atoms with E-state index in [1.807, 2.05) is 0 Å². The molecule has 1 aromatic rings. The summed E-state index contributed by atoms with van der Waals surface area (Å²) in [6.45, 7) is 2.22. The highest BCUT2D eigenvalue weighted by molar-refractivity contribution is 6.33. The van der Waals surface area contributed by atoms with Crippen LogP contribution in [0.2, 0.25) is 5.02 Å². The van der Waals surface area contributed by atoms with Crippen molar-refractivity contribution in [2.75, 3.05) is 6.54 Å². The van der Waals surface area contributed by atoms with Gasteiger partial charge >= 0.3 is 6.09 Å². The number of aliphatic imine (C=N–C) groups is 1. The van der Waals surface area contributed by atoms with Crippen LogP contribution >= 0.6 is 11.6 Å². The molecule has 0 aliphatic carbocycles. The Morgan fingerprint density at radius 3 is 2.88 bits per heavy atom. The Kier molecular flexibility index (Phi) is 4.60. The number of para-hydroxylation sites is 1. The highest BCUT2D eigenvalue weighted by atomic mass is 35.5. The minimum absolute atomic E-state index is 0.251. The van der Waals surface area contributed by atoms with E-state index >= 15 is 0 Å². The first-order valence-corrected chi connectivity index (χ1v) is 5.05. The number of benzene rings is 1. The third-order valence-electron chi connectivity index (χ3n) is 1.60. The summed E-state index contributed by atoms with van der Waals surface area (Å²) >= 11 is 5.85. The normalized spacial score (nSPS) is 11.0. The van der Waals surface area contributed by atoms with Gasteiger partial charge in [-0.25, -0.2) is 4.79 Å². The summed E-state index contributed by atoms with van der Waals surface area (Å²) < 4.78 is 4.67. The van der Waals surface area contributed by atoms with Crippen molar-refractivity contribution in [3.05, 3.63) is 29.3 Å². The lowest BCUT2D eigenvalue weighted by atomic mass is 10.3. The zero-order chi connectivity index (χ0) is 12.0. The molecule has 0 saturated heterocycles. The van der Waals surface area contributed by atoms with E-state index in [1.165, 1.54) is 0 Å². The summed E-state index contributed by atoms with van der Waals surface area (Å²) in [6.07, 6.45) is -0.643. The van der Waals surface area contributed by atoms with Gasteiger partial charge < -0.3 is 15.8 Å². The van der Waals surface area contributed by atoms with Crippen LogP contribution in [0.4, 0.5) is 10.5 Å². The van der Waals surface area contributed by atoms with E-state index in [-0.39, 0.29) is 6.02 Å². The molecule has 0 fully saturated rings. The maximum Gasteiger partial charge on any atom is 0.415 e. The largest absolute Gasteiger partial charge is 0.415 e. The van der Waals surface area contributed by atoms with E-state index < -0.39 is 6.09 Å². The van der Waals surface area contributed by atoms with Crippen LogP contribution in [-0.2, 0) is 4.74 Å². The molecule has 1 rings (SSSR count). The van der Waals surface area contributed by atoms with E-state index in [0.717, 1.165) is 0 Å². The zero-order valence-electron chi connectivity index (χ0n) is 8.74. The molecule has 3 N–H and O–H groups in total. The quantitative estimate of drug-likeness (QED) is 0.614. The van der Waals surface area contributed by atoms with Crippen molar-refractivity contribution in [3.63, 3.8) is 0 Å². The standard InChI is InChI=1S/C10H12ClN3O2/c1-2-13-10(15)16-9(12)14-8-6-4-3-5-7(8)11/h3-6H,2H2,1H3,(H2,12,14)(H,13,15). The summed E-state index contributed by atoms with van der Waals surface area (Å²) in [6, 6.07) is 6.60. The van der Waals surface area contributed by atoms with E-state index in [0.29, 0.717) is 17.3 Å². The van der Waals surface area contributed by atoms with Crippen LogP contribution in [0.3, 0.4) is 0 Å². The molecule has 5 nitrogen and oxygen atoms in total. The molecule has 16 heavy (non-hydrogen) atoms. The SMILES string of the molecule is CCNC(=O)OC(N)=Nc1ccccc1Cl. The predicted octanol–water partition coefficient (Wildman–Crippen LogP) is 2.03. The summed E-state index contributed by atoms with van der Waals surface area (Å²) in [4.78, 5) is 14.9. The molecule has 0 heterocycles. The Bertz CT molecular complexity index is 407. The van der Waals surface area contributed by atoms with Gasteiger partial charge in [0.05, 0.1) is 10.7 Å². The molecule has 0 radical (unpaired) electrons. The number of nitrogens with two attached hydrogens (primary N) is 1. The number of halogens is 1. The van der Waals surface area contributed by atoms with Crippen LogP contribution < -0.4 is 11.1 Å². The lowest BCUT2D eigenvalue weighted by molar-refractivity contribution is 0.197. The molecule has 0 aliphatic heterocycles. The highest BCUT2D eigenvalue weighted by Gasteiger charge is 2.04. The third-order valence-corrected chi connectivity index (χ3v) is 1.92. The fourth-order valence-corrected chi connectivity index (χ4v) is 1.14. The Morgan fingerprint density at radius 2 is 2.25 bits per heavy atom. The lowest BCUT2D eigenvalue weighted by Crippen LogP contribution is -2.29. The summed E-state index contributed by atoms with van der Waals surface area (Å²) in [5, 5.41) is 2.86. The second-order valence-electron chi connectivity index (χ2n) is 2.82. The molecule has 0 atom stereocenters. The van der Waals surface area contributed by atoms with E-state index in [9.17, 15) is 4.79 Å². The van der Waals surface area contributed by atoms with Gasteiger partial charge in [0.2, 0.25) is 0 Å². The highest BCUT2D eigenvalue weighted by Crippen LogP contribution is 2.23. The molecule has 1 amide bonds. The molecule has 1 aromatic carbocycles. The minimum Gasteiger partial charge on any atom is -0.376 e. The number of carbonyl (C=O) groups is 1. The smallest absolute Gasteiger partial charge is 0.376 e. The topological polar surface area (TPSA) is 76.7 Å². The van der Waals surface area contributed by atoms with E-state index in [4.69, 9.17) is 17.3 Å². The molecule has 6 heteroatoms. The third kappa shape index (κ3) is 3.78. The fourth-order valence-electron chi connectivity index (χ4n) is 0.959. The van der Waals surface area contributed by atoms with Crippen LogP contribution in [0.25, 0.3) is 0 Å². The Hall–Kier alpha value is -1.75. The summed E-state index contributed by atoms with van der Waals surface area (Å²) in [7, 11) is 0. The van der Waals surface area contributed by atoms with Gasteiger partial charge in [-0.2, -0.15) is 4.99 Å². The molecule has 0 unspecified atom stereocenters. The Morgan fingerprint density at radius 1 is 1.56 bits per heavy atom. The van der Waals surface area contributed by atoms with Crippen molar-refractivity contribution < 1.29 is 9.53 Å². The van der Waals surface area contributed by atoms with Gasteiger partial charge in [0.1, 0.15) is 0 Å². The number of alkyl carbamates (subject to hydrolysis) is 1. The molecule has 0 aliphatic rings. The van der Waals surface area contributed by atoms with Crippen molar-refractivity contribution in [2.45, 2.75) is 6.92 Å². The van der Waals surface area contributed by atoms with Gasteiger partial charge in [-0.05, 0) is 19.1 Å². The van der Waals surface area contributed by atoms with Crippen molar-refractivity contribution in [1.82, 2.24) is 5.32 Å². The van der Waals surface area contributed by atoms with Gasteiger partial charge in [0.15, 0.2) is 0 Å². The number of nitrogens with zero attached hydrogens (tertiary/aromatic N) is 1. The number of ether oxygens (including phenoxy) is 1. The monoisotopic (exact) mass is 241 g/mol. The average Bonchev–Trinajstić information content (AvgIpc) is 2.21. The van der Waals surface area contributed by atoms with Gasteiger partial charge in [-0.1, -0.05) is 23.7 Å². The molecule has 0 spiro atoms. The van der Waals surface area contributed by atoms with Gasteiger partial charge in [-0.3, -0.25) is 0 Å². The number of nitrogens with one attached hydrogen (secondary N) is 1. The Balaban J connectivity index is 2.70. The number of hydrogen-bond donors (Lipinski definition) is 2. The zero-order valence-corrected chi connectivity index (χ0v) is 9.49. The number of hydrogen-bond acceptors (Lipinski definition) is 3. The van der Waals surface area contributed by atoms with Crippen LogP contribution in [0.1, 0.15) is 6.92 Å². The van der Waals surface area contributed by atoms with Crippen LogP contribution in [0.5, 0.6) is 0 Å². The first kappa shape index (κ1) is 12.3. The van der Waals surface area contributed by atoms with Crippen LogP contribution in [-0.4, -0.2) is 18.7 Å². The number of carbonyl (C=O) groups excluding carboxylic acids is 1. The van der Waals surface area contributed by atoms with Crippen molar-refractivity contribution >= 4 is 29.4 Å². The number of rotatable bonds is 2. The number of amidine groups is 1. The van der Waals surface area contributed by atoms with Crippen molar-refractivity contribution in [2.24, 2.45) is 10.7 Å². The first-order chi connectivity index (χ1) is 7.63. The summed E-state index contributed by atoms with van der Waals surface area (Å²) in [5.41, 5.74) is 5.86. The maximum absolute atomic E-state index is 11.0. The summed E-state index contributed by atoms with van der Waals surface area (Å²) in [5.74, 6) is 0. The minimum atomic E-state index is -0.643. The maximum atomic E-state index is 11.0. The van der Waals surface area contributed by atoms with Crippen molar-refractivity contribution in [3.8, 4) is 0 Å². The molecular formula is C10H12ClN3O2. The second-order valence-corrected chi connectivity index (χ2v) is 3.23. The molecule has 86 valence electrons. The van der Waals surface area contributed by atoms with Gasteiger partial charge in [-0.15, -0.1) is 0 Å². The molecular weight excluding hydrogens is 230 g/mol. The van der Waals surface area contributed by atoms with E-state index in [1.54, 1.807) is 31.2 Å². The number of amides is 1. The van der Waals surface area contributed by atoms with E-state index in [2.05, 4.69) is 15.0 Å². The first-order valence-electron chi connectivity index (χ1n) is 4.68. The second kappa shape index (κ2) is 5.97. The van der Waals surface area contributed by atoms with Gasteiger partial charge in [0, 0.05) is 6.54 Å². The molecule has 0 aromatic heterocycles. The van der Waals surface area contributed by atoms with Crippen LogP contribution in [0, 0.1) is 0 Å². The average molecular weight is 242 g/mol. The lowest BCUT2D eigenvalue weighted by Gasteiger charge is -2.03. The predicted molar refractivity (Wildman–Crippen MR) is 62.9 cm³/mol. The fraction of sp³-hybridized carbons (Fsp3) is 0.200. The van der Waals surface area contributed by atoms with Crippen LogP contribution in [0.15, 0.2) is 29.3 Å². The Labute approximate surface area is 98.3 Å².